The van der Waals surface area contributed by atoms with Crippen LogP contribution in [0.1, 0.15) is 23.2 Å². The molecule has 1 atom stereocenters. The third kappa shape index (κ3) is 2.98. The van der Waals surface area contributed by atoms with Gasteiger partial charge in [-0.3, -0.25) is 4.79 Å². The summed E-state index contributed by atoms with van der Waals surface area (Å²) in [6, 6.07) is 5.12. The predicted octanol–water partition coefficient (Wildman–Crippen LogP) is 1.53. The molecule has 1 amide bonds. The van der Waals surface area contributed by atoms with Crippen molar-refractivity contribution in [3.05, 3.63) is 23.8 Å². The Morgan fingerprint density at radius 2 is 2.21 bits per heavy atom. The fourth-order valence-corrected chi connectivity index (χ4v) is 2.34. The van der Waals surface area contributed by atoms with Crippen molar-refractivity contribution < 1.29 is 14.3 Å². The molecule has 0 aromatic heterocycles. The second kappa shape index (κ2) is 5.93. The van der Waals surface area contributed by atoms with Gasteiger partial charge in [-0.25, -0.2) is 0 Å². The molecule has 0 spiro atoms. The van der Waals surface area contributed by atoms with E-state index < -0.39 is 0 Å². The van der Waals surface area contributed by atoms with Crippen LogP contribution < -0.4 is 10.5 Å². The van der Waals surface area contributed by atoms with E-state index in [0.29, 0.717) is 23.5 Å². The SMILES string of the molecule is COc1cc(C(=O)N2CCCC(OC)C2)ccc1N. The Bertz CT molecular complexity index is 462. The maximum atomic E-state index is 12.4. The first-order valence-corrected chi connectivity index (χ1v) is 6.41. The molecule has 5 nitrogen and oxygen atoms in total. The van der Waals surface area contributed by atoms with E-state index in [4.69, 9.17) is 15.2 Å². The number of nitrogens with zero attached hydrogens (tertiary/aromatic N) is 1. The van der Waals surface area contributed by atoms with E-state index in [2.05, 4.69) is 0 Å². The molecule has 1 unspecified atom stereocenters. The number of hydrogen-bond acceptors (Lipinski definition) is 4. The van der Waals surface area contributed by atoms with Crippen molar-refractivity contribution in [1.82, 2.24) is 4.90 Å². The van der Waals surface area contributed by atoms with Gasteiger partial charge in [-0.1, -0.05) is 0 Å². The van der Waals surface area contributed by atoms with Gasteiger partial charge in [-0.05, 0) is 31.0 Å². The number of benzene rings is 1. The molecule has 1 aliphatic rings. The zero-order valence-corrected chi connectivity index (χ0v) is 11.4. The van der Waals surface area contributed by atoms with E-state index in [-0.39, 0.29) is 12.0 Å². The maximum absolute atomic E-state index is 12.4. The summed E-state index contributed by atoms with van der Waals surface area (Å²) in [5, 5.41) is 0. The molecular weight excluding hydrogens is 244 g/mol. The number of carbonyl (C=O) groups excluding carboxylic acids is 1. The van der Waals surface area contributed by atoms with Crippen LogP contribution in [0.4, 0.5) is 5.69 Å². The third-order valence-electron chi connectivity index (χ3n) is 3.48. The van der Waals surface area contributed by atoms with E-state index in [9.17, 15) is 4.79 Å². The number of hydrogen-bond donors (Lipinski definition) is 1. The molecule has 1 saturated heterocycles. The molecule has 1 aliphatic heterocycles. The summed E-state index contributed by atoms with van der Waals surface area (Å²) in [6.07, 6.45) is 2.11. The van der Waals surface area contributed by atoms with Crippen molar-refractivity contribution in [2.45, 2.75) is 18.9 Å². The van der Waals surface area contributed by atoms with Crippen LogP contribution in [0.25, 0.3) is 0 Å². The summed E-state index contributed by atoms with van der Waals surface area (Å²) in [4.78, 5) is 14.2. The molecule has 104 valence electrons. The molecule has 2 N–H and O–H groups in total. The lowest BCUT2D eigenvalue weighted by atomic mass is 10.1. The zero-order valence-electron chi connectivity index (χ0n) is 11.4. The van der Waals surface area contributed by atoms with Gasteiger partial charge < -0.3 is 20.1 Å². The Morgan fingerprint density at radius 3 is 2.89 bits per heavy atom. The lowest BCUT2D eigenvalue weighted by Gasteiger charge is -2.32. The second-order valence-corrected chi connectivity index (χ2v) is 4.71. The molecule has 19 heavy (non-hydrogen) atoms. The minimum Gasteiger partial charge on any atom is -0.495 e. The minimum absolute atomic E-state index is 0.0000463. The first-order chi connectivity index (χ1) is 9.15. The number of methoxy groups -OCH3 is 2. The fraction of sp³-hybridized carbons (Fsp3) is 0.500. The number of likely N-dealkylation sites (tertiary alicyclic amines) is 1. The average Bonchev–Trinajstić information content (AvgIpc) is 2.47. The lowest BCUT2D eigenvalue weighted by molar-refractivity contribution is 0.0269. The highest BCUT2D eigenvalue weighted by molar-refractivity contribution is 5.95. The molecule has 1 aromatic rings. The normalized spacial score (nSPS) is 19.3. The van der Waals surface area contributed by atoms with Crippen LogP contribution in [0.3, 0.4) is 0 Å². The number of ether oxygens (including phenoxy) is 2. The minimum atomic E-state index is 0.0000463. The Hall–Kier alpha value is -1.75. The number of piperidine rings is 1. The van der Waals surface area contributed by atoms with Gasteiger partial charge in [0, 0.05) is 25.8 Å². The smallest absolute Gasteiger partial charge is 0.254 e. The molecule has 0 aliphatic carbocycles. The first-order valence-electron chi connectivity index (χ1n) is 6.41. The van der Waals surface area contributed by atoms with Crippen molar-refractivity contribution in [2.24, 2.45) is 0 Å². The van der Waals surface area contributed by atoms with Crippen molar-refractivity contribution in [3.8, 4) is 5.75 Å². The standard InChI is InChI=1S/C14H20N2O3/c1-18-11-4-3-7-16(9-11)14(17)10-5-6-12(15)13(8-10)19-2/h5-6,8,11H,3-4,7,9,15H2,1-2H3. The number of carbonyl (C=O) groups is 1. The number of anilines is 1. The van der Waals surface area contributed by atoms with Crippen molar-refractivity contribution in [2.75, 3.05) is 33.0 Å². The van der Waals surface area contributed by atoms with E-state index in [1.165, 1.54) is 0 Å². The quantitative estimate of drug-likeness (QED) is 0.841. The largest absolute Gasteiger partial charge is 0.495 e. The van der Waals surface area contributed by atoms with Crippen LogP contribution >= 0.6 is 0 Å². The first kappa shape index (κ1) is 13.7. The van der Waals surface area contributed by atoms with E-state index in [1.54, 1.807) is 32.4 Å². The summed E-state index contributed by atoms with van der Waals surface area (Å²) in [7, 11) is 3.23. The van der Waals surface area contributed by atoms with Crippen LogP contribution in [0.5, 0.6) is 5.75 Å². The van der Waals surface area contributed by atoms with Crippen LogP contribution in [-0.4, -0.2) is 44.2 Å². The molecular formula is C14H20N2O3. The average molecular weight is 264 g/mol. The van der Waals surface area contributed by atoms with Gasteiger partial charge in [0.2, 0.25) is 0 Å². The van der Waals surface area contributed by atoms with E-state index in [1.807, 2.05) is 4.90 Å². The predicted molar refractivity (Wildman–Crippen MR) is 73.3 cm³/mol. The third-order valence-corrected chi connectivity index (χ3v) is 3.48. The van der Waals surface area contributed by atoms with Crippen molar-refractivity contribution >= 4 is 11.6 Å². The Labute approximate surface area is 113 Å². The highest BCUT2D eigenvalue weighted by Crippen LogP contribution is 2.24. The summed E-state index contributed by atoms with van der Waals surface area (Å²) in [5.74, 6) is 0.534. The molecule has 5 heteroatoms. The van der Waals surface area contributed by atoms with Gasteiger partial charge >= 0.3 is 0 Å². The monoisotopic (exact) mass is 264 g/mol. The van der Waals surface area contributed by atoms with Crippen LogP contribution in [-0.2, 0) is 4.74 Å². The van der Waals surface area contributed by atoms with E-state index >= 15 is 0 Å². The van der Waals surface area contributed by atoms with Crippen molar-refractivity contribution in [1.29, 1.82) is 0 Å². The zero-order chi connectivity index (χ0) is 13.8. The van der Waals surface area contributed by atoms with Gasteiger partial charge in [-0.2, -0.15) is 0 Å². The van der Waals surface area contributed by atoms with Gasteiger partial charge in [0.05, 0.1) is 18.9 Å². The Morgan fingerprint density at radius 1 is 1.42 bits per heavy atom. The van der Waals surface area contributed by atoms with Crippen molar-refractivity contribution in [3.63, 3.8) is 0 Å². The summed E-state index contributed by atoms with van der Waals surface area (Å²) < 4.78 is 10.5. The Kier molecular flexibility index (Phi) is 4.27. The highest BCUT2D eigenvalue weighted by Gasteiger charge is 2.24. The second-order valence-electron chi connectivity index (χ2n) is 4.71. The molecule has 1 fully saturated rings. The molecule has 2 rings (SSSR count). The number of nitrogens with two attached hydrogens (primary N) is 1. The highest BCUT2D eigenvalue weighted by atomic mass is 16.5. The molecule has 1 heterocycles. The van der Waals surface area contributed by atoms with Crippen LogP contribution in [0.2, 0.25) is 0 Å². The van der Waals surface area contributed by atoms with Crippen LogP contribution in [0, 0.1) is 0 Å². The molecule has 0 saturated carbocycles. The van der Waals surface area contributed by atoms with E-state index in [0.717, 1.165) is 19.4 Å². The van der Waals surface area contributed by atoms with Gasteiger partial charge in [0.1, 0.15) is 5.75 Å². The summed E-state index contributed by atoms with van der Waals surface area (Å²) in [6.45, 7) is 1.41. The van der Waals surface area contributed by atoms with Crippen LogP contribution in [0.15, 0.2) is 18.2 Å². The summed E-state index contributed by atoms with van der Waals surface area (Å²) in [5.41, 5.74) is 6.89. The molecule has 1 aromatic carbocycles. The number of nitrogen functional groups attached to an aromatic ring is 1. The lowest BCUT2D eigenvalue weighted by Crippen LogP contribution is -2.42. The topological polar surface area (TPSA) is 64.8 Å². The maximum Gasteiger partial charge on any atom is 0.254 e. The van der Waals surface area contributed by atoms with Gasteiger partial charge in [0.15, 0.2) is 0 Å². The number of amides is 1. The summed E-state index contributed by atoms with van der Waals surface area (Å²) >= 11 is 0. The molecule has 0 radical (unpaired) electrons. The van der Waals surface area contributed by atoms with Gasteiger partial charge in [0.25, 0.3) is 5.91 Å². The Balaban J connectivity index is 2.14. The molecule has 0 bridgehead atoms. The van der Waals surface area contributed by atoms with Gasteiger partial charge in [-0.15, -0.1) is 0 Å². The number of rotatable bonds is 3. The fourth-order valence-electron chi connectivity index (χ4n) is 2.34.